The minimum absolute atomic E-state index is 0.197. The highest BCUT2D eigenvalue weighted by Crippen LogP contribution is 2.24. The molecule has 0 amide bonds. The van der Waals surface area contributed by atoms with E-state index >= 15 is 0 Å². The number of H-pyrrole nitrogens is 1. The van der Waals surface area contributed by atoms with Gasteiger partial charge in [0.05, 0.1) is 7.11 Å². The second kappa shape index (κ2) is 6.15. The van der Waals surface area contributed by atoms with Gasteiger partial charge in [-0.15, -0.1) is 11.3 Å². The maximum atomic E-state index is 11.5. The summed E-state index contributed by atoms with van der Waals surface area (Å²) in [6.45, 7) is 5.89. The molecule has 7 heteroatoms. The van der Waals surface area contributed by atoms with Gasteiger partial charge in [0, 0.05) is 11.1 Å². The number of nitrogens with zero attached hydrogens (tertiary/aromatic N) is 2. The number of hydrogen-bond donors (Lipinski definition) is 2. The molecule has 2 N–H and O–H groups in total. The minimum Gasteiger partial charge on any atom is -0.490 e. The number of aryl methyl sites for hydroxylation is 1. The number of methoxy groups -OCH3 is 1. The van der Waals surface area contributed by atoms with Crippen molar-refractivity contribution < 1.29 is 9.84 Å². The summed E-state index contributed by atoms with van der Waals surface area (Å²) in [5.41, 5.74) is -0.530. The standard InChI is InChI=1S/C9H9N3O3S.C2H6/c1-4-3-10-9(16-4)6-11-7(13)5(15-2)8(14)12-6;1-2/h3H,1-2H3,(H2,11,12,13,14);1-2H3. The molecule has 0 aliphatic carbocycles. The Labute approximate surface area is 108 Å². The Morgan fingerprint density at radius 1 is 1.44 bits per heavy atom. The molecule has 6 nitrogen and oxygen atoms in total. The molecule has 0 spiro atoms. The van der Waals surface area contributed by atoms with E-state index in [-0.39, 0.29) is 11.6 Å². The van der Waals surface area contributed by atoms with E-state index in [0.29, 0.717) is 5.01 Å². The number of thiazole rings is 1. The first-order valence-corrected chi connectivity index (χ1v) is 6.23. The molecule has 98 valence electrons. The maximum absolute atomic E-state index is 11.5. The van der Waals surface area contributed by atoms with Crippen LogP contribution in [0.5, 0.6) is 11.6 Å². The SMILES string of the molecule is CC.COc1c(O)nc(-c2ncc(C)s2)[nH]c1=O. The molecule has 0 saturated heterocycles. The molecule has 18 heavy (non-hydrogen) atoms. The van der Waals surface area contributed by atoms with Crippen molar-refractivity contribution in [2.75, 3.05) is 7.11 Å². The van der Waals surface area contributed by atoms with Gasteiger partial charge in [0.1, 0.15) is 0 Å². The van der Waals surface area contributed by atoms with Gasteiger partial charge >= 0.3 is 0 Å². The third-order valence-electron chi connectivity index (χ3n) is 1.89. The Morgan fingerprint density at radius 3 is 2.56 bits per heavy atom. The second-order valence-corrected chi connectivity index (χ2v) is 4.28. The van der Waals surface area contributed by atoms with Gasteiger partial charge in [-0.05, 0) is 6.92 Å². The van der Waals surface area contributed by atoms with Crippen LogP contribution in [0.25, 0.3) is 10.8 Å². The van der Waals surface area contributed by atoms with Crippen LogP contribution in [-0.4, -0.2) is 27.2 Å². The maximum Gasteiger partial charge on any atom is 0.297 e. The lowest BCUT2D eigenvalue weighted by atomic mass is 10.5. The van der Waals surface area contributed by atoms with Crippen molar-refractivity contribution in [3.8, 4) is 22.5 Å². The quantitative estimate of drug-likeness (QED) is 0.869. The van der Waals surface area contributed by atoms with Crippen LogP contribution in [0.4, 0.5) is 0 Å². The van der Waals surface area contributed by atoms with Crippen LogP contribution in [-0.2, 0) is 0 Å². The zero-order chi connectivity index (χ0) is 13.7. The average molecular weight is 269 g/mol. The van der Waals surface area contributed by atoms with Gasteiger partial charge in [0.15, 0.2) is 10.8 Å². The van der Waals surface area contributed by atoms with E-state index in [9.17, 15) is 9.90 Å². The summed E-state index contributed by atoms with van der Waals surface area (Å²) in [5, 5.41) is 10.0. The number of aromatic amines is 1. The first kappa shape index (κ1) is 14.2. The summed E-state index contributed by atoms with van der Waals surface area (Å²) in [5.74, 6) is -0.396. The van der Waals surface area contributed by atoms with Crippen molar-refractivity contribution in [2.45, 2.75) is 20.8 Å². The van der Waals surface area contributed by atoms with Crippen molar-refractivity contribution in [1.29, 1.82) is 0 Å². The van der Waals surface area contributed by atoms with Gasteiger partial charge in [-0.1, -0.05) is 13.8 Å². The van der Waals surface area contributed by atoms with E-state index < -0.39 is 11.4 Å². The largest absolute Gasteiger partial charge is 0.490 e. The molecule has 2 heterocycles. The summed E-state index contributed by atoms with van der Waals surface area (Å²) in [6, 6.07) is 0. The van der Waals surface area contributed by atoms with Crippen LogP contribution in [0, 0.1) is 6.92 Å². The van der Waals surface area contributed by atoms with Crippen molar-refractivity contribution in [1.82, 2.24) is 15.0 Å². The average Bonchev–Trinajstić information content (AvgIpc) is 2.78. The smallest absolute Gasteiger partial charge is 0.297 e. The third kappa shape index (κ3) is 2.86. The summed E-state index contributed by atoms with van der Waals surface area (Å²) in [6.07, 6.45) is 1.67. The number of aromatic nitrogens is 3. The molecular formula is C11H15N3O3S. The number of aromatic hydroxyl groups is 1. The number of nitrogens with one attached hydrogen (secondary N) is 1. The van der Waals surface area contributed by atoms with Crippen LogP contribution >= 0.6 is 11.3 Å². The Kier molecular flexibility index (Phi) is 4.85. The minimum atomic E-state index is -0.530. The summed E-state index contributed by atoms with van der Waals surface area (Å²) in [4.78, 5) is 22.8. The third-order valence-corrected chi connectivity index (χ3v) is 2.81. The molecule has 0 atom stereocenters. The van der Waals surface area contributed by atoms with Crippen LogP contribution in [0.2, 0.25) is 0 Å². The normalized spacial score (nSPS) is 9.56. The fraction of sp³-hybridized carbons (Fsp3) is 0.364. The Bertz CT molecular complexity index is 577. The number of ether oxygens (including phenoxy) is 1. The first-order chi connectivity index (χ1) is 8.61. The van der Waals surface area contributed by atoms with E-state index in [0.717, 1.165) is 4.88 Å². The summed E-state index contributed by atoms with van der Waals surface area (Å²) >= 11 is 1.38. The van der Waals surface area contributed by atoms with Crippen LogP contribution < -0.4 is 10.3 Å². The Balaban J connectivity index is 0.000000771. The topological polar surface area (TPSA) is 88.1 Å². The molecule has 0 radical (unpaired) electrons. The molecular weight excluding hydrogens is 254 g/mol. The molecule has 0 saturated carbocycles. The van der Waals surface area contributed by atoms with Crippen LogP contribution in [0.3, 0.4) is 0 Å². The molecule has 0 unspecified atom stereocenters. The molecule has 0 fully saturated rings. The van der Waals surface area contributed by atoms with Crippen LogP contribution in [0.1, 0.15) is 18.7 Å². The molecule has 0 aromatic carbocycles. The fourth-order valence-electron chi connectivity index (χ4n) is 1.20. The molecule has 2 rings (SSSR count). The zero-order valence-electron chi connectivity index (χ0n) is 10.6. The lowest BCUT2D eigenvalue weighted by molar-refractivity contribution is 0.357. The molecule has 0 aliphatic rings. The van der Waals surface area contributed by atoms with Crippen molar-refractivity contribution in [2.24, 2.45) is 0 Å². The van der Waals surface area contributed by atoms with Gasteiger partial charge in [-0.2, -0.15) is 4.98 Å². The monoisotopic (exact) mass is 269 g/mol. The molecule has 0 aliphatic heterocycles. The predicted octanol–water partition coefficient (Wildman–Crippen LogP) is 1.94. The lowest BCUT2D eigenvalue weighted by Crippen LogP contribution is -2.11. The summed E-state index contributed by atoms with van der Waals surface area (Å²) in [7, 11) is 1.29. The highest BCUT2D eigenvalue weighted by atomic mass is 32.1. The second-order valence-electron chi connectivity index (χ2n) is 3.05. The molecule has 2 aromatic rings. The lowest BCUT2D eigenvalue weighted by Gasteiger charge is -2.02. The van der Waals surface area contributed by atoms with Gasteiger partial charge < -0.3 is 14.8 Å². The first-order valence-electron chi connectivity index (χ1n) is 5.42. The van der Waals surface area contributed by atoms with Crippen LogP contribution in [0.15, 0.2) is 11.0 Å². The van der Waals surface area contributed by atoms with Gasteiger partial charge in [0.25, 0.3) is 11.4 Å². The molecule has 0 bridgehead atoms. The van der Waals surface area contributed by atoms with Crippen molar-refractivity contribution >= 4 is 11.3 Å². The van der Waals surface area contributed by atoms with E-state index in [1.165, 1.54) is 18.4 Å². The van der Waals surface area contributed by atoms with E-state index in [1.54, 1.807) is 6.20 Å². The predicted molar refractivity (Wildman–Crippen MR) is 70.3 cm³/mol. The molecule has 2 aromatic heterocycles. The van der Waals surface area contributed by atoms with E-state index in [1.807, 2.05) is 20.8 Å². The van der Waals surface area contributed by atoms with Gasteiger partial charge in [0.2, 0.25) is 5.75 Å². The highest BCUT2D eigenvalue weighted by Gasteiger charge is 2.13. The van der Waals surface area contributed by atoms with E-state index in [4.69, 9.17) is 4.74 Å². The van der Waals surface area contributed by atoms with E-state index in [2.05, 4.69) is 15.0 Å². The Hall–Kier alpha value is -1.89. The number of hydrogen-bond acceptors (Lipinski definition) is 6. The van der Waals surface area contributed by atoms with Crippen molar-refractivity contribution in [3.05, 3.63) is 21.4 Å². The highest BCUT2D eigenvalue weighted by molar-refractivity contribution is 7.14. The number of rotatable bonds is 2. The van der Waals surface area contributed by atoms with Gasteiger partial charge in [-0.3, -0.25) is 4.79 Å². The summed E-state index contributed by atoms with van der Waals surface area (Å²) < 4.78 is 4.70. The zero-order valence-corrected chi connectivity index (χ0v) is 11.5. The Morgan fingerprint density at radius 2 is 2.11 bits per heavy atom. The van der Waals surface area contributed by atoms with Gasteiger partial charge in [-0.25, -0.2) is 4.98 Å². The van der Waals surface area contributed by atoms with Crippen molar-refractivity contribution in [3.63, 3.8) is 0 Å². The fourth-order valence-corrected chi connectivity index (χ4v) is 1.91.